The number of nitro benzene ring substituents is 1. The number of benzene rings is 2. The van der Waals surface area contributed by atoms with Crippen LogP contribution in [0.2, 0.25) is 0 Å². The topological polar surface area (TPSA) is 177 Å². The van der Waals surface area contributed by atoms with Crippen molar-refractivity contribution in [2.75, 3.05) is 5.32 Å². The highest BCUT2D eigenvalue weighted by molar-refractivity contribution is 5.88. The standard InChI is InChI=1S/C18H18N4O7/c19-16(23)9-15(17(20)24)21-12-3-1-11(2-4-12)10-28-18(25)29-14-7-5-13(6-8-14)22(26)27/h1-8,15,21H,9-10H2,(H2,19,23)(H2,20,24)/t15-/m0/s1. The number of non-ortho nitro benzene ring substituents is 1. The second-order valence-corrected chi connectivity index (χ2v) is 5.86. The first-order valence-corrected chi connectivity index (χ1v) is 8.26. The quantitative estimate of drug-likeness (QED) is 0.244. The number of primary amides is 2. The van der Waals surface area contributed by atoms with E-state index in [-0.39, 0.29) is 24.5 Å². The monoisotopic (exact) mass is 402 g/mol. The van der Waals surface area contributed by atoms with Crippen LogP contribution in [-0.2, 0) is 20.9 Å². The zero-order valence-electron chi connectivity index (χ0n) is 15.1. The smallest absolute Gasteiger partial charge is 0.429 e. The first kappa shape index (κ1) is 21.2. The molecule has 1 atom stereocenters. The summed E-state index contributed by atoms with van der Waals surface area (Å²) in [4.78, 5) is 44.0. The predicted octanol–water partition coefficient (Wildman–Crippen LogP) is 1.45. The highest BCUT2D eigenvalue weighted by atomic mass is 16.7. The highest BCUT2D eigenvalue weighted by Gasteiger charge is 2.17. The lowest BCUT2D eigenvalue weighted by atomic mass is 10.1. The molecular weight excluding hydrogens is 384 g/mol. The van der Waals surface area contributed by atoms with Gasteiger partial charge in [0.1, 0.15) is 18.4 Å². The van der Waals surface area contributed by atoms with Crippen LogP contribution in [0.1, 0.15) is 12.0 Å². The fourth-order valence-corrected chi connectivity index (χ4v) is 2.23. The van der Waals surface area contributed by atoms with Crippen molar-refractivity contribution in [1.29, 1.82) is 0 Å². The molecule has 5 N–H and O–H groups in total. The minimum atomic E-state index is -0.976. The van der Waals surface area contributed by atoms with E-state index in [1.165, 1.54) is 24.3 Å². The van der Waals surface area contributed by atoms with Crippen LogP contribution < -0.4 is 21.5 Å². The number of nitro groups is 1. The average molecular weight is 402 g/mol. The third-order valence-corrected chi connectivity index (χ3v) is 3.65. The zero-order chi connectivity index (χ0) is 21.4. The van der Waals surface area contributed by atoms with Crippen LogP contribution in [0.3, 0.4) is 0 Å². The number of hydrogen-bond donors (Lipinski definition) is 3. The lowest BCUT2D eigenvalue weighted by molar-refractivity contribution is -0.384. The molecule has 29 heavy (non-hydrogen) atoms. The number of amides is 2. The van der Waals surface area contributed by atoms with Gasteiger partial charge in [-0.15, -0.1) is 0 Å². The molecule has 2 aromatic carbocycles. The molecule has 0 spiro atoms. The molecule has 0 aromatic heterocycles. The van der Waals surface area contributed by atoms with Crippen LogP contribution in [0.5, 0.6) is 5.75 Å². The SMILES string of the molecule is NC(=O)C[C@H](Nc1ccc(COC(=O)Oc2ccc([N+](=O)[O-])cc2)cc1)C(N)=O. The Morgan fingerprint density at radius 1 is 1.03 bits per heavy atom. The Morgan fingerprint density at radius 2 is 1.66 bits per heavy atom. The van der Waals surface area contributed by atoms with Gasteiger partial charge >= 0.3 is 6.16 Å². The molecule has 0 aliphatic carbocycles. The molecule has 0 bridgehead atoms. The summed E-state index contributed by atoms with van der Waals surface area (Å²) < 4.78 is 9.89. The number of carbonyl (C=O) groups excluding carboxylic acids is 3. The third-order valence-electron chi connectivity index (χ3n) is 3.65. The van der Waals surface area contributed by atoms with Crippen molar-refractivity contribution in [1.82, 2.24) is 0 Å². The van der Waals surface area contributed by atoms with E-state index < -0.39 is 28.9 Å². The number of nitrogens with two attached hydrogens (primary N) is 2. The minimum Gasteiger partial charge on any atom is -0.429 e. The lowest BCUT2D eigenvalue weighted by Gasteiger charge is -2.15. The van der Waals surface area contributed by atoms with Crippen molar-refractivity contribution in [3.05, 3.63) is 64.2 Å². The van der Waals surface area contributed by atoms with Crippen LogP contribution in [0.4, 0.5) is 16.2 Å². The van der Waals surface area contributed by atoms with Crippen LogP contribution in [0.25, 0.3) is 0 Å². The number of nitrogens with zero attached hydrogens (tertiary/aromatic N) is 1. The van der Waals surface area contributed by atoms with Gasteiger partial charge in [0.05, 0.1) is 11.3 Å². The summed E-state index contributed by atoms with van der Waals surface area (Å²) in [6, 6.07) is 10.5. The second kappa shape index (κ2) is 9.69. The molecule has 0 fully saturated rings. The van der Waals surface area contributed by atoms with E-state index in [1.54, 1.807) is 24.3 Å². The number of rotatable bonds is 9. The van der Waals surface area contributed by atoms with Crippen molar-refractivity contribution in [2.24, 2.45) is 11.5 Å². The van der Waals surface area contributed by atoms with E-state index >= 15 is 0 Å². The molecule has 0 heterocycles. The van der Waals surface area contributed by atoms with E-state index in [0.29, 0.717) is 11.3 Å². The summed E-state index contributed by atoms with van der Waals surface area (Å²) in [7, 11) is 0. The molecule has 0 saturated carbocycles. The molecule has 2 rings (SSSR count). The Morgan fingerprint density at radius 3 is 2.17 bits per heavy atom. The Kier molecular flexibility index (Phi) is 7.07. The van der Waals surface area contributed by atoms with Crippen molar-refractivity contribution < 1.29 is 28.8 Å². The molecule has 0 aliphatic rings. The second-order valence-electron chi connectivity index (χ2n) is 5.86. The molecule has 0 aliphatic heterocycles. The maximum atomic E-state index is 11.7. The van der Waals surface area contributed by atoms with E-state index in [0.717, 1.165) is 0 Å². The molecule has 2 aromatic rings. The third kappa shape index (κ3) is 6.82. The van der Waals surface area contributed by atoms with E-state index in [2.05, 4.69) is 5.32 Å². The van der Waals surface area contributed by atoms with Gasteiger partial charge in [-0.2, -0.15) is 0 Å². The summed E-state index contributed by atoms with van der Waals surface area (Å²) in [6.07, 6.45) is -1.22. The summed E-state index contributed by atoms with van der Waals surface area (Å²) in [5, 5.41) is 13.4. The predicted molar refractivity (Wildman–Crippen MR) is 101 cm³/mol. The maximum Gasteiger partial charge on any atom is 0.514 e. The number of hydrogen-bond acceptors (Lipinski definition) is 8. The zero-order valence-corrected chi connectivity index (χ0v) is 15.1. The van der Waals surface area contributed by atoms with Crippen molar-refractivity contribution in [2.45, 2.75) is 19.1 Å². The number of ether oxygens (including phenoxy) is 2. The summed E-state index contributed by atoms with van der Waals surface area (Å²) in [5.74, 6) is -1.28. The van der Waals surface area contributed by atoms with Gasteiger partial charge in [0.2, 0.25) is 11.8 Å². The largest absolute Gasteiger partial charge is 0.514 e. The lowest BCUT2D eigenvalue weighted by Crippen LogP contribution is -2.38. The van der Waals surface area contributed by atoms with Crippen LogP contribution in [-0.4, -0.2) is 28.9 Å². The number of nitrogens with one attached hydrogen (secondary N) is 1. The minimum absolute atomic E-state index is 0.0906. The Hall–Kier alpha value is -4.15. The molecule has 0 radical (unpaired) electrons. The molecule has 0 saturated heterocycles. The molecule has 0 unspecified atom stereocenters. The van der Waals surface area contributed by atoms with Crippen molar-refractivity contribution >= 4 is 29.3 Å². The molecular formula is C18H18N4O7. The van der Waals surface area contributed by atoms with E-state index in [1.807, 2.05) is 0 Å². The maximum absolute atomic E-state index is 11.7. The van der Waals surface area contributed by atoms with Crippen molar-refractivity contribution in [3.8, 4) is 5.75 Å². The Bertz CT molecular complexity index is 897. The fourth-order valence-electron chi connectivity index (χ4n) is 2.23. The Balaban J connectivity index is 1.86. The van der Waals surface area contributed by atoms with Gasteiger partial charge in [-0.3, -0.25) is 19.7 Å². The van der Waals surface area contributed by atoms with Crippen LogP contribution in [0.15, 0.2) is 48.5 Å². The van der Waals surface area contributed by atoms with Gasteiger partial charge in [0.15, 0.2) is 0 Å². The normalized spacial score (nSPS) is 11.2. The molecule has 152 valence electrons. The van der Waals surface area contributed by atoms with Gasteiger partial charge in [0, 0.05) is 17.8 Å². The van der Waals surface area contributed by atoms with Gasteiger partial charge < -0.3 is 26.3 Å². The molecule has 2 amide bonds. The fraction of sp³-hybridized carbons (Fsp3) is 0.167. The van der Waals surface area contributed by atoms with Gasteiger partial charge in [-0.1, -0.05) is 12.1 Å². The van der Waals surface area contributed by atoms with Gasteiger partial charge in [-0.25, -0.2) is 4.79 Å². The van der Waals surface area contributed by atoms with E-state index in [4.69, 9.17) is 20.9 Å². The number of anilines is 1. The van der Waals surface area contributed by atoms with Crippen LogP contribution >= 0.6 is 0 Å². The van der Waals surface area contributed by atoms with Crippen LogP contribution in [0, 0.1) is 10.1 Å². The van der Waals surface area contributed by atoms with E-state index in [9.17, 15) is 24.5 Å². The summed E-state index contributed by atoms with van der Waals surface area (Å²) in [5.41, 5.74) is 11.3. The number of carbonyl (C=O) groups is 3. The Labute approximate surface area is 164 Å². The first-order valence-electron chi connectivity index (χ1n) is 8.26. The van der Waals surface area contributed by atoms with Crippen molar-refractivity contribution in [3.63, 3.8) is 0 Å². The molecule has 11 heteroatoms. The average Bonchev–Trinajstić information content (AvgIpc) is 2.67. The highest BCUT2D eigenvalue weighted by Crippen LogP contribution is 2.18. The summed E-state index contributed by atoms with van der Waals surface area (Å²) >= 11 is 0. The van der Waals surface area contributed by atoms with Gasteiger partial charge in [0.25, 0.3) is 5.69 Å². The van der Waals surface area contributed by atoms with Gasteiger partial charge in [-0.05, 0) is 29.8 Å². The molecule has 11 nitrogen and oxygen atoms in total. The summed E-state index contributed by atoms with van der Waals surface area (Å²) in [6.45, 7) is -0.0906. The first-order chi connectivity index (χ1) is 13.7.